The van der Waals surface area contributed by atoms with E-state index >= 15 is 0 Å². The van der Waals surface area contributed by atoms with Gasteiger partial charge in [0.2, 0.25) is 0 Å². The molecular formula is C16H18IN3O2. The number of nitrogens with two attached hydrogens (primary N) is 1. The Morgan fingerprint density at radius 3 is 1.82 bits per heavy atom. The lowest BCUT2D eigenvalue weighted by Crippen LogP contribution is -2.01. The topological polar surface area (TPSA) is 85.9 Å². The number of aryl methyl sites for hydroxylation is 2. The highest BCUT2D eigenvalue weighted by molar-refractivity contribution is 14.1. The Hall–Kier alpha value is -1.83. The van der Waals surface area contributed by atoms with Crippen LogP contribution in [-0.4, -0.2) is 21.5 Å². The fourth-order valence-electron chi connectivity index (χ4n) is 1.87. The molecule has 2 aromatic heterocycles. The highest BCUT2D eigenvalue weighted by atomic mass is 127. The lowest BCUT2D eigenvalue weighted by molar-refractivity contribution is 0.0999. The molecule has 116 valence electrons. The highest BCUT2D eigenvalue weighted by Crippen LogP contribution is 2.10. The van der Waals surface area contributed by atoms with Crippen LogP contribution in [0.1, 0.15) is 46.0 Å². The van der Waals surface area contributed by atoms with E-state index in [1.165, 1.54) is 20.0 Å². The average molecular weight is 411 g/mol. The number of halogens is 1. The summed E-state index contributed by atoms with van der Waals surface area (Å²) in [6, 6.07) is 3.69. The smallest absolute Gasteiger partial charge is 0.178 e. The van der Waals surface area contributed by atoms with Gasteiger partial charge < -0.3 is 5.73 Å². The fourth-order valence-corrected chi connectivity index (χ4v) is 2.48. The molecule has 0 bridgehead atoms. The first-order valence-corrected chi connectivity index (χ1v) is 7.66. The first-order chi connectivity index (χ1) is 10.2. The van der Waals surface area contributed by atoms with E-state index in [0.717, 1.165) is 14.7 Å². The zero-order chi connectivity index (χ0) is 16.9. The molecule has 0 saturated heterocycles. The molecule has 0 aliphatic rings. The summed E-state index contributed by atoms with van der Waals surface area (Å²) in [5.41, 5.74) is 8.90. The van der Waals surface area contributed by atoms with Crippen molar-refractivity contribution in [2.75, 3.05) is 5.73 Å². The molecule has 6 heteroatoms. The van der Waals surface area contributed by atoms with Crippen LogP contribution in [0.25, 0.3) is 0 Å². The zero-order valence-corrected chi connectivity index (χ0v) is 15.1. The summed E-state index contributed by atoms with van der Waals surface area (Å²) in [7, 11) is 0. The normalized spacial score (nSPS) is 9.68. The predicted octanol–water partition coefficient (Wildman–Crippen LogP) is 3.37. The van der Waals surface area contributed by atoms with Crippen molar-refractivity contribution >= 4 is 39.8 Å². The monoisotopic (exact) mass is 411 g/mol. The molecule has 0 fully saturated rings. The fraction of sp³-hybridized carbons (Fsp3) is 0.250. The van der Waals surface area contributed by atoms with Gasteiger partial charge >= 0.3 is 0 Å². The molecule has 2 N–H and O–H groups in total. The number of ketones is 2. The van der Waals surface area contributed by atoms with Crippen LogP contribution in [0, 0.1) is 17.4 Å². The molecule has 22 heavy (non-hydrogen) atoms. The Labute approximate surface area is 143 Å². The van der Waals surface area contributed by atoms with E-state index in [9.17, 15) is 9.59 Å². The molecule has 0 unspecified atom stereocenters. The molecule has 0 radical (unpaired) electrons. The maximum Gasteiger partial charge on any atom is 0.178 e. The number of aromatic nitrogens is 2. The minimum atomic E-state index is -0.0255. The second-order valence-corrected chi connectivity index (χ2v) is 6.11. The largest absolute Gasteiger partial charge is 0.397 e. The number of anilines is 1. The van der Waals surface area contributed by atoms with Crippen molar-refractivity contribution in [3.63, 3.8) is 0 Å². The van der Waals surface area contributed by atoms with Crippen LogP contribution in [0.15, 0.2) is 24.5 Å². The van der Waals surface area contributed by atoms with Crippen molar-refractivity contribution < 1.29 is 9.59 Å². The van der Waals surface area contributed by atoms with Gasteiger partial charge in [-0.05, 0) is 59.7 Å². The first-order valence-electron chi connectivity index (χ1n) is 6.58. The highest BCUT2D eigenvalue weighted by Gasteiger charge is 2.04. The van der Waals surface area contributed by atoms with E-state index in [0.29, 0.717) is 17.1 Å². The summed E-state index contributed by atoms with van der Waals surface area (Å²) in [5, 5.41) is 0. The number of hydrogen-bond acceptors (Lipinski definition) is 5. The van der Waals surface area contributed by atoms with Gasteiger partial charge in [-0.3, -0.25) is 19.6 Å². The van der Waals surface area contributed by atoms with Crippen molar-refractivity contribution in [3.05, 3.63) is 50.6 Å². The first kappa shape index (κ1) is 18.2. The molecule has 0 saturated carbocycles. The van der Waals surface area contributed by atoms with E-state index in [2.05, 4.69) is 32.6 Å². The third kappa shape index (κ3) is 5.18. The average Bonchev–Trinajstić information content (AvgIpc) is 2.38. The SMILES string of the molecule is CC(=O)c1ncc(I)cc1C.CC(=O)c1ncc(N)cc1C. The predicted molar refractivity (Wildman–Crippen MR) is 95.1 cm³/mol. The third-order valence-electron chi connectivity index (χ3n) is 2.81. The standard InChI is InChI=1S/C8H8INO.C8H10N2O/c2*1-5-3-7(9)4-10-8(5)6(2)11/h3-4H,1-2H3;3-4H,9H2,1-2H3. The van der Waals surface area contributed by atoms with Crippen LogP contribution in [0.2, 0.25) is 0 Å². The van der Waals surface area contributed by atoms with Gasteiger partial charge in [-0.2, -0.15) is 0 Å². The van der Waals surface area contributed by atoms with E-state index in [4.69, 9.17) is 5.73 Å². The number of rotatable bonds is 2. The van der Waals surface area contributed by atoms with E-state index in [1.54, 1.807) is 12.3 Å². The molecule has 0 atom stereocenters. The number of carbonyl (C=O) groups excluding carboxylic acids is 2. The van der Waals surface area contributed by atoms with Gasteiger partial charge in [-0.15, -0.1) is 0 Å². The molecule has 0 amide bonds. The molecule has 0 spiro atoms. The van der Waals surface area contributed by atoms with E-state index in [1.807, 2.05) is 19.9 Å². The molecule has 0 aliphatic carbocycles. The molecule has 2 rings (SSSR count). The van der Waals surface area contributed by atoms with Gasteiger partial charge in [-0.1, -0.05) is 0 Å². The number of pyridine rings is 2. The third-order valence-corrected chi connectivity index (χ3v) is 3.40. The van der Waals surface area contributed by atoms with Crippen LogP contribution in [0.5, 0.6) is 0 Å². The number of nitrogen functional groups attached to an aromatic ring is 1. The Morgan fingerprint density at radius 2 is 1.41 bits per heavy atom. The Kier molecular flexibility index (Phi) is 6.61. The van der Waals surface area contributed by atoms with Crippen LogP contribution >= 0.6 is 22.6 Å². The Morgan fingerprint density at radius 1 is 0.955 bits per heavy atom. The van der Waals surface area contributed by atoms with Gasteiger partial charge in [0.1, 0.15) is 11.4 Å². The molecule has 5 nitrogen and oxygen atoms in total. The second kappa shape index (κ2) is 7.98. The van der Waals surface area contributed by atoms with Crippen molar-refractivity contribution in [3.8, 4) is 0 Å². The van der Waals surface area contributed by atoms with Gasteiger partial charge in [0.05, 0.1) is 11.9 Å². The molecular weight excluding hydrogens is 393 g/mol. The number of nitrogens with zero attached hydrogens (tertiary/aromatic N) is 2. The van der Waals surface area contributed by atoms with Gasteiger partial charge in [0.25, 0.3) is 0 Å². The number of hydrogen-bond donors (Lipinski definition) is 1. The lowest BCUT2D eigenvalue weighted by Gasteiger charge is -2.00. The van der Waals surface area contributed by atoms with Gasteiger partial charge in [-0.25, -0.2) is 0 Å². The van der Waals surface area contributed by atoms with E-state index in [-0.39, 0.29) is 11.6 Å². The van der Waals surface area contributed by atoms with Crippen LogP contribution in [0.3, 0.4) is 0 Å². The summed E-state index contributed by atoms with van der Waals surface area (Å²) in [4.78, 5) is 29.7. The summed E-state index contributed by atoms with van der Waals surface area (Å²) < 4.78 is 1.06. The van der Waals surface area contributed by atoms with Crippen LogP contribution < -0.4 is 5.73 Å². The van der Waals surface area contributed by atoms with Crippen LogP contribution in [0.4, 0.5) is 5.69 Å². The van der Waals surface area contributed by atoms with Crippen LogP contribution in [-0.2, 0) is 0 Å². The van der Waals surface area contributed by atoms with Crippen molar-refractivity contribution in [1.29, 1.82) is 0 Å². The summed E-state index contributed by atoms with van der Waals surface area (Å²) in [5.74, 6) is 0.00130. The summed E-state index contributed by atoms with van der Waals surface area (Å²) >= 11 is 2.17. The van der Waals surface area contributed by atoms with Gasteiger partial charge in [0.15, 0.2) is 11.6 Å². The molecule has 0 aliphatic heterocycles. The quantitative estimate of drug-likeness (QED) is 0.605. The maximum atomic E-state index is 10.9. The van der Waals surface area contributed by atoms with Crippen molar-refractivity contribution in [1.82, 2.24) is 9.97 Å². The molecule has 2 heterocycles. The van der Waals surface area contributed by atoms with Crippen molar-refractivity contribution in [2.24, 2.45) is 0 Å². The van der Waals surface area contributed by atoms with E-state index < -0.39 is 0 Å². The number of carbonyl (C=O) groups is 2. The summed E-state index contributed by atoms with van der Waals surface area (Å²) in [6.45, 7) is 6.74. The number of Topliss-reactive ketones (excluding diaryl/α,β-unsaturated/α-hetero) is 2. The zero-order valence-electron chi connectivity index (χ0n) is 13.0. The second-order valence-electron chi connectivity index (χ2n) is 4.87. The summed E-state index contributed by atoms with van der Waals surface area (Å²) in [6.07, 6.45) is 3.19. The Balaban J connectivity index is 0.000000220. The maximum absolute atomic E-state index is 10.9. The minimum Gasteiger partial charge on any atom is -0.397 e. The minimum absolute atomic E-state index is 0.0255. The Bertz CT molecular complexity index is 653. The lowest BCUT2D eigenvalue weighted by atomic mass is 10.1. The molecule has 0 aromatic carbocycles. The van der Waals surface area contributed by atoms with Crippen molar-refractivity contribution in [2.45, 2.75) is 27.7 Å². The molecule has 2 aromatic rings. The van der Waals surface area contributed by atoms with Gasteiger partial charge in [0, 0.05) is 23.6 Å².